The van der Waals surface area contributed by atoms with Crippen LogP contribution in [0.15, 0.2) is 72.8 Å². The highest BCUT2D eigenvalue weighted by Crippen LogP contribution is 2.22. The maximum Gasteiger partial charge on any atom is 0.337 e. The molecule has 0 unspecified atom stereocenters. The Balaban J connectivity index is 1.70. The maximum absolute atomic E-state index is 13.8. The number of ether oxygens (including phenoxy) is 2. The van der Waals surface area contributed by atoms with Crippen LogP contribution in [-0.4, -0.2) is 18.9 Å². The van der Waals surface area contributed by atoms with E-state index in [0.717, 1.165) is 17.7 Å². The van der Waals surface area contributed by atoms with Crippen molar-refractivity contribution in [2.24, 2.45) is 0 Å². The fraction of sp³-hybridized carbons (Fsp3) is 0.0833. The summed E-state index contributed by atoms with van der Waals surface area (Å²) in [4.78, 5) is 23.7. The minimum atomic E-state index is -0.912. The summed E-state index contributed by atoms with van der Waals surface area (Å²) in [5.41, 5.74) is 1.69. The molecule has 0 aliphatic carbocycles. The standard InChI is InChI=1S/C24H18F2O4/c1-29-24(28)18-8-6-16(7-9-18)15-30-23-5-3-2-4-17(23)10-13-22(27)20-12-11-19(25)14-21(20)26/h2-14H,15H2,1H3/b13-10+. The zero-order valence-electron chi connectivity index (χ0n) is 16.1. The van der Waals surface area contributed by atoms with Gasteiger partial charge in [-0.15, -0.1) is 0 Å². The van der Waals surface area contributed by atoms with Crippen molar-refractivity contribution in [1.29, 1.82) is 0 Å². The number of ketones is 1. The lowest BCUT2D eigenvalue weighted by Crippen LogP contribution is -2.02. The first-order valence-corrected chi connectivity index (χ1v) is 9.04. The summed E-state index contributed by atoms with van der Waals surface area (Å²) >= 11 is 0. The van der Waals surface area contributed by atoms with Crippen LogP contribution in [0.2, 0.25) is 0 Å². The Morgan fingerprint density at radius 1 is 0.967 bits per heavy atom. The minimum absolute atomic E-state index is 0.211. The number of benzene rings is 3. The number of hydrogen-bond acceptors (Lipinski definition) is 4. The Morgan fingerprint density at radius 2 is 1.70 bits per heavy atom. The van der Waals surface area contributed by atoms with Crippen molar-refractivity contribution in [3.8, 4) is 5.75 Å². The second kappa shape index (κ2) is 9.60. The van der Waals surface area contributed by atoms with E-state index in [9.17, 15) is 18.4 Å². The number of esters is 1. The number of rotatable bonds is 7. The van der Waals surface area contributed by atoms with E-state index < -0.39 is 23.4 Å². The summed E-state index contributed by atoms with van der Waals surface area (Å²) in [7, 11) is 1.32. The molecule has 0 saturated heterocycles. The highest BCUT2D eigenvalue weighted by Gasteiger charge is 2.10. The Hall–Kier alpha value is -3.80. The van der Waals surface area contributed by atoms with E-state index in [0.29, 0.717) is 22.9 Å². The summed E-state index contributed by atoms with van der Waals surface area (Å²) in [6.07, 6.45) is 2.73. The molecule has 0 atom stereocenters. The molecule has 0 saturated carbocycles. The third-order valence-corrected chi connectivity index (χ3v) is 4.30. The molecule has 0 fully saturated rings. The van der Waals surface area contributed by atoms with E-state index >= 15 is 0 Å². The number of halogens is 2. The molecule has 3 aromatic rings. The molecule has 0 amide bonds. The second-order valence-electron chi connectivity index (χ2n) is 6.34. The first-order valence-electron chi connectivity index (χ1n) is 9.04. The van der Waals surface area contributed by atoms with Gasteiger partial charge in [0.15, 0.2) is 5.78 Å². The SMILES string of the molecule is COC(=O)c1ccc(COc2ccccc2/C=C/C(=O)c2ccc(F)cc2F)cc1. The van der Waals surface area contributed by atoms with Crippen molar-refractivity contribution in [2.45, 2.75) is 6.61 Å². The lowest BCUT2D eigenvalue weighted by atomic mass is 10.1. The number of allylic oxidation sites excluding steroid dienone is 1. The minimum Gasteiger partial charge on any atom is -0.488 e. The molecule has 0 spiro atoms. The van der Waals surface area contributed by atoms with Gasteiger partial charge in [0.1, 0.15) is 24.0 Å². The van der Waals surface area contributed by atoms with E-state index in [4.69, 9.17) is 4.74 Å². The van der Waals surface area contributed by atoms with Gasteiger partial charge in [-0.3, -0.25) is 4.79 Å². The molecule has 3 aromatic carbocycles. The quantitative estimate of drug-likeness (QED) is 0.305. The molecule has 0 radical (unpaired) electrons. The Morgan fingerprint density at radius 3 is 2.40 bits per heavy atom. The summed E-state index contributed by atoms with van der Waals surface area (Å²) in [6, 6.07) is 16.7. The van der Waals surface area contributed by atoms with E-state index in [1.165, 1.54) is 19.3 Å². The number of carbonyl (C=O) groups is 2. The summed E-state index contributed by atoms with van der Waals surface area (Å²) in [5, 5.41) is 0. The first-order chi connectivity index (χ1) is 14.5. The Kier molecular flexibility index (Phi) is 6.70. The van der Waals surface area contributed by atoms with Crippen LogP contribution in [0.25, 0.3) is 6.08 Å². The fourth-order valence-electron chi connectivity index (χ4n) is 2.71. The van der Waals surface area contributed by atoms with Gasteiger partial charge < -0.3 is 9.47 Å². The monoisotopic (exact) mass is 408 g/mol. The summed E-state index contributed by atoms with van der Waals surface area (Å²) in [5.74, 6) is -2.13. The van der Waals surface area contributed by atoms with Gasteiger partial charge in [-0.1, -0.05) is 30.3 Å². The molecule has 0 aromatic heterocycles. The van der Waals surface area contributed by atoms with Crippen molar-refractivity contribution in [3.05, 3.63) is 107 Å². The predicted molar refractivity (Wildman–Crippen MR) is 108 cm³/mol. The maximum atomic E-state index is 13.8. The Bertz CT molecular complexity index is 1090. The number of hydrogen-bond donors (Lipinski definition) is 0. The van der Waals surface area contributed by atoms with Crippen LogP contribution in [0, 0.1) is 11.6 Å². The molecule has 0 N–H and O–H groups in total. The van der Waals surface area contributed by atoms with Crippen molar-refractivity contribution in [2.75, 3.05) is 7.11 Å². The molecular formula is C24H18F2O4. The highest BCUT2D eigenvalue weighted by atomic mass is 19.1. The topological polar surface area (TPSA) is 52.6 Å². The molecule has 152 valence electrons. The van der Waals surface area contributed by atoms with Crippen molar-refractivity contribution in [1.82, 2.24) is 0 Å². The number of carbonyl (C=O) groups excluding carboxylic acids is 2. The number of methoxy groups -OCH3 is 1. The molecule has 3 rings (SSSR count). The first kappa shape index (κ1) is 20.9. The van der Waals surface area contributed by atoms with Crippen LogP contribution in [0.4, 0.5) is 8.78 Å². The molecule has 30 heavy (non-hydrogen) atoms. The largest absolute Gasteiger partial charge is 0.488 e. The van der Waals surface area contributed by atoms with Crippen molar-refractivity contribution < 1.29 is 27.8 Å². The third kappa shape index (κ3) is 5.17. The van der Waals surface area contributed by atoms with Crippen LogP contribution in [0.5, 0.6) is 5.75 Å². The molecule has 0 bridgehead atoms. The van der Waals surface area contributed by atoms with Crippen LogP contribution < -0.4 is 4.74 Å². The van der Waals surface area contributed by atoms with Gasteiger partial charge in [0.05, 0.1) is 18.2 Å². The van der Waals surface area contributed by atoms with E-state index in [1.54, 1.807) is 48.5 Å². The van der Waals surface area contributed by atoms with Crippen LogP contribution in [0.1, 0.15) is 31.8 Å². The molecule has 4 nitrogen and oxygen atoms in total. The average molecular weight is 408 g/mol. The van der Waals surface area contributed by atoms with Crippen LogP contribution in [0.3, 0.4) is 0 Å². The van der Waals surface area contributed by atoms with Gasteiger partial charge in [-0.25, -0.2) is 13.6 Å². The van der Waals surface area contributed by atoms with Crippen molar-refractivity contribution >= 4 is 17.8 Å². The Labute approximate surface area is 172 Å². The molecule has 0 heterocycles. The van der Waals surface area contributed by atoms with E-state index in [-0.39, 0.29) is 12.2 Å². The number of para-hydroxylation sites is 1. The average Bonchev–Trinajstić information content (AvgIpc) is 2.76. The molecule has 0 aliphatic heterocycles. The molecule has 0 aliphatic rings. The van der Waals surface area contributed by atoms with Gasteiger partial charge >= 0.3 is 5.97 Å². The van der Waals surface area contributed by atoms with Crippen LogP contribution >= 0.6 is 0 Å². The zero-order valence-corrected chi connectivity index (χ0v) is 16.1. The van der Waals surface area contributed by atoms with Gasteiger partial charge in [-0.05, 0) is 48.0 Å². The van der Waals surface area contributed by atoms with Crippen LogP contribution in [-0.2, 0) is 11.3 Å². The lowest BCUT2D eigenvalue weighted by Gasteiger charge is -2.10. The fourth-order valence-corrected chi connectivity index (χ4v) is 2.71. The second-order valence-corrected chi connectivity index (χ2v) is 6.34. The molecule has 6 heteroatoms. The summed E-state index contributed by atoms with van der Waals surface area (Å²) < 4.78 is 37.3. The van der Waals surface area contributed by atoms with Gasteiger partial charge in [0.25, 0.3) is 0 Å². The highest BCUT2D eigenvalue weighted by molar-refractivity contribution is 6.07. The van der Waals surface area contributed by atoms with Gasteiger partial charge in [0, 0.05) is 11.6 Å². The predicted octanol–water partition coefficient (Wildman–Crippen LogP) is 5.23. The smallest absolute Gasteiger partial charge is 0.337 e. The lowest BCUT2D eigenvalue weighted by molar-refractivity contribution is 0.0600. The normalized spacial score (nSPS) is 10.8. The third-order valence-electron chi connectivity index (χ3n) is 4.30. The van der Waals surface area contributed by atoms with Crippen molar-refractivity contribution in [3.63, 3.8) is 0 Å². The molecular weight excluding hydrogens is 390 g/mol. The van der Waals surface area contributed by atoms with E-state index in [2.05, 4.69) is 4.74 Å². The summed E-state index contributed by atoms with van der Waals surface area (Å²) in [6.45, 7) is 0.243. The van der Waals surface area contributed by atoms with Gasteiger partial charge in [-0.2, -0.15) is 0 Å². The van der Waals surface area contributed by atoms with Gasteiger partial charge in [0.2, 0.25) is 0 Å². The zero-order chi connectivity index (χ0) is 21.5. The van der Waals surface area contributed by atoms with E-state index in [1.807, 2.05) is 0 Å².